The molecule has 1 atom stereocenters. The molecule has 1 unspecified atom stereocenters. The van der Waals surface area contributed by atoms with Crippen molar-refractivity contribution in [1.29, 1.82) is 0 Å². The van der Waals surface area contributed by atoms with Crippen LogP contribution in [-0.2, 0) is 12.3 Å². The number of hydrogen-bond acceptors (Lipinski definition) is 4. The third-order valence-electron chi connectivity index (χ3n) is 1.84. The van der Waals surface area contributed by atoms with Crippen LogP contribution >= 0.6 is 0 Å². The molecule has 1 rings (SSSR count). The molecule has 3 N–H and O–H groups in total. The molecule has 0 aliphatic heterocycles. The van der Waals surface area contributed by atoms with E-state index in [0.717, 1.165) is 7.11 Å². The fraction of sp³-hybridized carbons (Fsp3) is 0.222. The second-order valence-electron chi connectivity index (χ2n) is 3.09. The van der Waals surface area contributed by atoms with Gasteiger partial charge in [-0.15, -0.1) is 0 Å². The average Bonchev–Trinajstić information content (AvgIpc) is 2.16. The van der Waals surface area contributed by atoms with E-state index >= 15 is 0 Å². The van der Waals surface area contributed by atoms with Crippen LogP contribution in [0.15, 0.2) is 18.2 Å². The third-order valence-corrected chi connectivity index (χ3v) is 4.98. The zero-order chi connectivity index (χ0) is 12.3. The molecule has 0 saturated heterocycles. The van der Waals surface area contributed by atoms with Gasteiger partial charge in [0, 0.05) is 0 Å². The molecular weight excluding hydrogens is 277 g/mol. The van der Waals surface area contributed by atoms with Crippen molar-refractivity contribution in [2.24, 2.45) is 0 Å². The van der Waals surface area contributed by atoms with Gasteiger partial charge >= 0.3 is 94.9 Å². The summed E-state index contributed by atoms with van der Waals surface area (Å²) in [5.41, 5.74) is 0.0827. The van der Waals surface area contributed by atoms with Gasteiger partial charge in [-0.1, -0.05) is 0 Å². The number of phenolic OH excluding ortho intramolecular Hbond substituents is 1. The normalized spacial score (nSPS) is 14.2. The van der Waals surface area contributed by atoms with Crippen LogP contribution in [0, 0.1) is 0 Å². The predicted octanol–water partition coefficient (Wildman–Crippen LogP) is -0.434. The number of amides is 1. The van der Waals surface area contributed by atoms with Gasteiger partial charge in [0.25, 0.3) is 0 Å². The van der Waals surface area contributed by atoms with Crippen LogP contribution in [0.5, 0.6) is 5.75 Å². The Kier molecular flexibility index (Phi) is 3.80. The Hall–Kier alpha value is -1.23. The number of rotatable bonds is 3. The Bertz CT molecular complexity index is 459. The number of carbonyl (C=O) groups excluding carboxylic acids is 1. The van der Waals surface area contributed by atoms with Crippen LogP contribution in [0.2, 0.25) is 0 Å². The van der Waals surface area contributed by atoms with E-state index in [4.69, 9.17) is 0 Å². The molecule has 7 heteroatoms. The van der Waals surface area contributed by atoms with E-state index in [2.05, 4.69) is 9.04 Å². The summed E-state index contributed by atoms with van der Waals surface area (Å²) >= 11 is -4.62. The number of carbonyl (C=O) groups is 1. The molecule has 88 valence electrons. The molecule has 1 aromatic rings. The van der Waals surface area contributed by atoms with Crippen LogP contribution in [-0.4, -0.2) is 36.4 Å². The molecule has 0 spiro atoms. The molecule has 0 aliphatic rings. The van der Waals surface area contributed by atoms with Crippen LogP contribution in [0.25, 0.3) is 0 Å². The number of benzene rings is 1. The first-order valence-electron chi connectivity index (χ1n) is 4.36. The van der Waals surface area contributed by atoms with E-state index in [1.165, 1.54) is 25.1 Å². The molecule has 0 aromatic heterocycles. The number of anilines is 1. The second kappa shape index (κ2) is 4.74. The molecule has 6 nitrogen and oxygen atoms in total. The molecule has 0 fully saturated rings. The summed E-state index contributed by atoms with van der Waals surface area (Å²) in [7, 11) is 1.12. The Morgan fingerprint density at radius 2 is 2.12 bits per heavy atom. The van der Waals surface area contributed by atoms with E-state index in [0.29, 0.717) is 0 Å². The van der Waals surface area contributed by atoms with Gasteiger partial charge in [-0.2, -0.15) is 0 Å². The van der Waals surface area contributed by atoms with Crippen molar-refractivity contribution < 1.29 is 21.5 Å². The van der Waals surface area contributed by atoms with Crippen molar-refractivity contribution in [2.45, 2.75) is 6.92 Å². The van der Waals surface area contributed by atoms with E-state index in [-0.39, 0.29) is 15.8 Å². The quantitative estimate of drug-likeness (QED) is 0.656. The van der Waals surface area contributed by atoms with E-state index in [9.17, 15) is 17.7 Å². The fourth-order valence-electron chi connectivity index (χ4n) is 1.16. The summed E-state index contributed by atoms with van der Waals surface area (Å²) in [6.07, 6.45) is 0. The summed E-state index contributed by atoms with van der Waals surface area (Å²) in [5, 5.41) is 11.6. The third kappa shape index (κ3) is 2.88. The maximum absolute atomic E-state index is 11.7. The molecule has 1 amide bonds. The van der Waals surface area contributed by atoms with Crippen LogP contribution in [0.3, 0.4) is 0 Å². The van der Waals surface area contributed by atoms with Gasteiger partial charge in [0.05, 0.1) is 0 Å². The number of nitrogens with one attached hydrogen (secondary N) is 1. The van der Waals surface area contributed by atoms with E-state index in [1.54, 1.807) is 0 Å². The van der Waals surface area contributed by atoms with Crippen molar-refractivity contribution in [3.05, 3.63) is 18.2 Å². The van der Waals surface area contributed by atoms with Crippen molar-refractivity contribution >= 4 is 30.1 Å². The molecule has 0 radical (unpaired) electrons. The van der Waals surface area contributed by atoms with Crippen LogP contribution in [0.4, 0.5) is 5.69 Å². The zero-order valence-electron chi connectivity index (χ0n) is 8.80. The molecule has 0 saturated carbocycles. The van der Waals surface area contributed by atoms with Crippen LogP contribution in [0.1, 0.15) is 6.92 Å². The fourth-order valence-corrected chi connectivity index (χ4v) is 3.01. The Morgan fingerprint density at radius 3 is 2.62 bits per heavy atom. The molecule has 16 heavy (non-hydrogen) atoms. The summed E-state index contributed by atoms with van der Waals surface area (Å²) < 4.78 is 25.7. The predicted molar refractivity (Wildman–Crippen MR) is 57.7 cm³/mol. The maximum atomic E-state index is 11.7. The first-order valence-corrected chi connectivity index (χ1v) is 7.67. The van der Waals surface area contributed by atoms with Gasteiger partial charge in [0.2, 0.25) is 0 Å². The van der Waals surface area contributed by atoms with Gasteiger partial charge in [-0.3, -0.25) is 0 Å². The number of hydrogen-bond donors (Lipinski definition) is 3. The summed E-state index contributed by atoms with van der Waals surface area (Å²) in [6.45, 7) is 1.26. The second-order valence-corrected chi connectivity index (χ2v) is 7.05. The summed E-state index contributed by atoms with van der Waals surface area (Å²) in [6, 6.07) is 3.70. The molecule has 0 bridgehead atoms. The molecular formula is C9H12AsNO5. The van der Waals surface area contributed by atoms with Crippen LogP contribution < -0.4 is 9.67 Å². The van der Waals surface area contributed by atoms with Gasteiger partial charge in [0.1, 0.15) is 0 Å². The minimum absolute atomic E-state index is 0.00590. The van der Waals surface area contributed by atoms with Gasteiger partial charge in [-0.25, -0.2) is 0 Å². The Labute approximate surface area is 95.2 Å². The van der Waals surface area contributed by atoms with Crippen molar-refractivity contribution in [3.63, 3.8) is 0 Å². The monoisotopic (exact) mass is 289 g/mol. The Morgan fingerprint density at radius 1 is 1.50 bits per heavy atom. The van der Waals surface area contributed by atoms with Crippen molar-refractivity contribution in [2.75, 3.05) is 12.4 Å². The minimum atomic E-state index is -4.62. The van der Waals surface area contributed by atoms with Gasteiger partial charge < -0.3 is 0 Å². The summed E-state index contributed by atoms with van der Waals surface area (Å²) in [4.78, 5) is 10.9. The molecule has 0 heterocycles. The van der Waals surface area contributed by atoms with E-state index < -0.39 is 20.1 Å². The van der Waals surface area contributed by atoms with Gasteiger partial charge in [-0.05, 0) is 0 Å². The average molecular weight is 289 g/mol. The van der Waals surface area contributed by atoms with E-state index in [1.807, 2.05) is 0 Å². The first-order chi connectivity index (χ1) is 7.36. The number of phenols is 1. The standard InChI is InChI=1S/C9H12AsNO5/c1-6(12)11-9-5-7(13)3-4-8(9)10(14,15)16-2/h3-5,13H,1-2H3,(H,11,12)(H,14,15). The Balaban J connectivity index is 3.28. The van der Waals surface area contributed by atoms with Crippen molar-refractivity contribution in [1.82, 2.24) is 0 Å². The zero-order valence-corrected chi connectivity index (χ0v) is 10.7. The SMILES string of the molecule is CO[As](=O)(O)c1ccc(O)cc1NC(C)=O. The molecule has 0 aliphatic carbocycles. The number of aromatic hydroxyl groups is 1. The van der Waals surface area contributed by atoms with Crippen molar-refractivity contribution in [3.8, 4) is 5.75 Å². The summed E-state index contributed by atoms with van der Waals surface area (Å²) in [5.74, 6) is -0.516. The molecule has 1 aromatic carbocycles. The topological polar surface area (TPSA) is 95.9 Å². The first kappa shape index (κ1) is 12.8. The van der Waals surface area contributed by atoms with Gasteiger partial charge in [0.15, 0.2) is 0 Å².